The van der Waals surface area contributed by atoms with Crippen LogP contribution in [0.5, 0.6) is 11.5 Å². The van der Waals surface area contributed by atoms with Crippen molar-refractivity contribution in [3.63, 3.8) is 0 Å². The van der Waals surface area contributed by atoms with Gasteiger partial charge in [0.15, 0.2) is 17.3 Å². The number of ether oxygens (including phenoxy) is 2. The highest BCUT2D eigenvalue weighted by molar-refractivity contribution is 5.96. The van der Waals surface area contributed by atoms with E-state index in [9.17, 15) is 4.79 Å². The van der Waals surface area contributed by atoms with E-state index in [0.717, 1.165) is 36.6 Å². The lowest BCUT2D eigenvalue weighted by molar-refractivity contribution is 0.0951. The summed E-state index contributed by atoms with van der Waals surface area (Å²) in [6.45, 7) is 4.05. The van der Waals surface area contributed by atoms with Crippen LogP contribution in [-0.4, -0.2) is 37.5 Å². The monoisotopic (exact) mass is 391 g/mol. The second-order valence-electron chi connectivity index (χ2n) is 8.06. The van der Waals surface area contributed by atoms with E-state index in [0.29, 0.717) is 6.42 Å². The van der Waals surface area contributed by atoms with E-state index in [1.807, 2.05) is 36.4 Å². The Bertz CT molecular complexity index is 906. The molecule has 152 valence electrons. The van der Waals surface area contributed by atoms with E-state index in [2.05, 4.69) is 37.1 Å². The topological polar surface area (TPSA) is 38.8 Å². The van der Waals surface area contributed by atoms with Crippen molar-refractivity contribution in [3.8, 4) is 11.5 Å². The molecule has 2 aromatic rings. The molecule has 0 fully saturated rings. The average Bonchev–Trinajstić information content (AvgIpc) is 3.13. The van der Waals surface area contributed by atoms with Gasteiger partial charge in [0.05, 0.1) is 7.11 Å². The first kappa shape index (κ1) is 19.7. The molecule has 0 aromatic heterocycles. The lowest BCUT2D eigenvalue weighted by Crippen LogP contribution is -2.26. The van der Waals surface area contributed by atoms with Crippen LogP contribution in [0.4, 0.5) is 0 Å². The first-order chi connectivity index (χ1) is 14.1. The van der Waals surface area contributed by atoms with Gasteiger partial charge in [-0.25, -0.2) is 0 Å². The number of methoxy groups -OCH3 is 1. The van der Waals surface area contributed by atoms with Crippen LogP contribution in [0.2, 0.25) is 0 Å². The predicted molar refractivity (Wildman–Crippen MR) is 115 cm³/mol. The highest BCUT2D eigenvalue weighted by Crippen LogP contribution is 2.50. The number of Topliss-reactive ketones (excluding diaryl/α,β-unsaturated/α-hetero) is 1. The molecule has 3 atom stereocenters. The zero-order valence-corrected chi connectivity index (χ0v) is 17.4. The highest BCUT2D eigenvalue weighted by atomic mass is 16.5. The molecule has 0 spiro atoms. The molecule has 0 saturated carbocycles. The zero-order chi connectivity index (χ0) is 20.4. The molecule has 29 heavy (non-hydrogen) atoms. The molecule has 1 aliphatic carbocycles. The lowest BCUT2D eigenvalue weighted by Gasteiger charge is -2.26. The summed E-state index contributed by atoms with van der Waals surface area (Å²) < 4.78 is 12.0. The van der Waals surface area contributed by atoms with Gasteiger partial charge in [-0.2, -0.15) is 0 Å². The molecule has 4 nitrogen and oxygen atoms in total. The molecule has 4 rings (SSSR count). The van der Waals surface area contributed by atoms with Crippen LogP contribution >= 0.6 is 0 Å². The largest absolute Gasteiger partial charge is 0.493 e. The number of ketones is 1. The molecule has 1 heterocycles. The van der Waals surface area contributed by atoms with E-state index >= 15 is 0 Å². The third kappa shape index (κ3) is 3.95. The smallest absolute Gasteiger partial charge is 0.165 e. The Labute approximate surface area is 173 Å². The van der Waals surface area contributed by atoms with Gasteiger partial charge >= 0.3 is 0 Å². The van der Waals surface area contributed by atoms with Gasteiger partial charge in [0, 0.05) is 30.0 Å². The molecule has 4 heteroatoms. The standard InChI is InChI=1S/C25H29NO3/c1-4-26(2)16-19-11-13-22(28-3)25-24(19)20-12-10-17(15-23(20)29-25)14-21(27)18-8-6-5-7-9-18/h5-13,17,20,23H,4,14-16H2,1-3H3. The van der Waals surface area contributed by atoms with Crippen molar-refractivity contribution in [1.82, 2.24) is 4.90 Å². The fraction of sp³-hybridized carbons (Fsp3) is 0.400. The molecule has 1 aliphatic heterocycles. The van der Waals surface area contributed by atoms with Gasteiger partial charge in [0.25, 0.3) is 0 Å². The van der Waals surface area contributed by atoms with Crippen molar-refractivity contribution >= 4 is 5.78 Å². The number of rotatable bonds is 7. The maximum absolute atomic E-state index is 12.6. The van der Waals surface area contributed by atoms with Crippen LogP contribution < -0.4 is 9.47 Å². The van der Waals surface area contributed by atoms with Crippen molar-refractivity contribution in [2.45, 2.75) is 38.3 Å². The van der Waals surface area contributed by atoms with Crippen LogP contribution in [0.25, 0.3) is 0 Å². The number of hydrogen-bond donors (Lipinski definition) is 0. The maximum Gasteiger partial charge on any atom is 0.165 e. The lowest BCUT2D eigenvalue weighted by atomic mass is 9.80. The summed E-state index contributed by atoms with van der Waals surface area (Å²) in [6.07, 6.45) is 5.89. The Morgan fingerprint density at radius 1 is 1.17 bits per heavy atom. The molecule has 0 radical (unpaired) electrons. The molecule has 0 saturated heterocycles. The quantitative estimate of drug-likeness (QED) is 0.500. The summed E-state index contributed by atoms with van der Waals surface area (Å²) in [7, 11) is 3.82. The van der Waals surface area contributed by atoms with Crippen LogP contribution in [0.15, 0.2) is 54.6 Å². The molecule has 0 amide bonds. The molecule has 0 bridgehead atoms. The summed E-state index contributed by atoms with van der Waals surface area (Å²) in [5, 5.41) is 0. The molecular weight excluding hydrogens is 362 g/mol. The van der Waals surface area contributed by atoms with Gasteiger partial charge in [0.1, 0.15) is 6.10 Å². The van der Waals surface area contributed by atoms with Crippen molar-refractivity contribution in [1.29, 1.82) is 0 Å². The summed E-state index contributed by atoms with van der Waals surface area (Å²) >= 11 is 0. The van der Waals surface area contributed by atoms with Gasteiger partial charge in [-0.1, -0.05) is 55.5 Å². The van der Waals surface area contributed by atoms with E-state index in [1.165, 1.54) is 11.1 Å². The molecule has 0 N–H and O–H groups in total. The van der Waals surface area contributed by atoms with Gasteiger partial charge in [0.2, 0.25) is 0 Å². The van der Waals surface area contributed by atoms with Crippen molar-refractivity contribution in [2.75, 3.05) is 20.7 Å². The third-order valence-corrected chi connectivity index (χ3v) is 6.12. The molecule has 2 aliphatic rings. The number of carbonyl (C=O) groups excluding carboxylic acids is 1. The number of fused-ring (bicyclic) bond motifs is 3. The number of carbonyl (C=O) groups is 1. The summed E-state index contributed by atoms with van der Waals surface area (Å²) in [5.74, 6) is 2.29. The van der Waals surface area contributed by atoms with E-state index in [1.54, 1.807) is 7.11 Å². The van der Waals surface area contributed by atoms with Gasteiger partial charge in [-0.05, 0) is 37.6 Å². The molecular formula is C25H29NO3. The Balaban J connectivity index is 1.55. The average molecular weight is 392 g/mol. The Morgan fingerprint density at radius 3 is 2.69 bits per heavy atom. The number of hydrogen-bond acceptors (Lipinski definition) is 4. The van der Waals surface area contributed by atoms with Crippen molar-refractivity contribution in [3.05, 3.63) is 71.3 Å². The second kappa shape index (κ2) is 8.42. The Hall–Kier alpha value is -2.59. The SMILES string of the molecule is CCN(C)Cc1ccc(OC)c2c1C1C=CC(CC(=O)c3ccccc3)CC1O2. The first-order valence-corrected chi connectivity index (χ1v) is 10.4. The third-order valence-electron chi connectivity index (χ3n) is 6.12. The zero-order valence-electron chi connectivity index (χ0n) is 17.4. The minimum absolute atomic E-state index is 0.0607. The summed E-state index contributed by atoms with van der Waals surface area (Å²) in [4.78, 5) is 14.9. The van der Waals surface area contributed by atoms with Crippen LogP contribution in [0, 0.1) is 5.92 Å². The number of benzene rings is 2. The Kier molecular flexibility index (Phi) is 5.72. The fourth-order valence-electron chi connectivity index (χ4n) is 4.42. The maximum atomic E-state index is 12.6. The van der Waals surface area contributed by atoms with Gasteiger partial charge < -0.3 is 14.4 Å². The molecule has 3 unspecified atom stereocenters. The van der Waals surface area contributed by atoms with E-state index in [-0.39, 0.29) is 23.7 Å². The van der Waals surface area contributed by atoms with E-state index < -0.39 is 0 Å². The van der Waals surface area contributed by atoms with Crippen LogP contribution in [0.1, 0.15) is 47.2 Å². The minimum Gasteiger partial charge on any atom is -0.493 e. The summed E-state index contributed by atoms with van der Waals surface area (Å²) in [6, 6.07) is 13.7. The Morgan fingerprint density at radius 2 is 1.97 bits per heavy atom. The van der Waals surface area contributed by atoms with Gasteiger partial charge in [-0.3, -0.25) is 4.79 Å². The molecule has 2 aromatic carbocycles. The van der Waals surface area contributed by atoms with Crippen molar-refractivity contribution in [2.24, 2.45) is 5.92 Å². The van der Waals surface area contributed by atoms with Crippen LogP contribution in [-0.2, 0) is 6.54 Å². The normalized spacial score (nSPS) is 22.1. The van der Waals surface area contributed by atoms with Crippen molar-refractivity contribution < 1.29 is 14.3 Å². The fourth-order valence-corrected chi connectivity index (χ4v) is 4.42. The number of nitrogens with zero attached hydrogens (tertiary/aromatic N) is 1. The highest BCUT2D eigenvalue weighted by Gasteiger charge is 2.40. The second-order valence-corrected chi connectivity index (χ2v) is 8.06. The minimum atomic E-state index is 0.0607. The summed E-state index contributed by atoms with van der Waals surface area (Å²) in [5.41, 5.74) is 3.32. The predicted octanol–water partition coefficient (Wildman–Crippen LogP) is 4.84. The first-order valence-electron chi connectivity index (χ1n) is 10.4. The number of allylic oxidation sites excluding steroid dienone is 1. The van der Waals surface area contributed by atoms with Gasteiger partial charge in [-0.15, -0.1) is 0 Å². The van der Waals surface area contributed by atoms with Crippen LogP contribution in [0.3, 0.4) is 0 Å². The van der Waals surface area contributed by atoms with E-state index in [4.69, 9.17) is 9.47 Å².